The summed E-state index contributed by atoms with van der Waals surface area (Å²) >= 11 is 0. The van der Waals surface area contributed by atoms with E-state index in [0.717, 1.165) is 57.8 Å². The first kappa shape index (κ1) is 43.0. The second-order valence-electron chi connectivity index (χ2n) is 22.9. The fraction of sp³-hybridized carbons (Fsp3) is 0.872. The fourth-order valence-corrected chi connectivity index (χ4v) is 14.8. The number of fused-ring (bicyclic) bond motifs is 7. The minimum Gasteiger partial charge on any atom is -0.481 e. The fourth-order valence-electron chi connectivity index (χ4n) is 14.8. The summed E-state index contributed by atoms with van der Waals surface area (Å²) in [5.41, 5.74) is 0.303. The van der Waals surface area contributed by atoms with Gasteiger partial charge in [-0.2, -0.15) is 0 Å². The molecule has 6 aliphatic rings. The van der Waals surface area contributed by atoms with Crippen LogP contribution in [0.1, 0.15) is 166 Å². The molecule has 1 heterocycles. The summed E-state index contributed by atoms with van der Waals surface area (Å²) in [5, 5.41) is 12.4. The highest BCUT2D eigenvalue weighted by molar-refractivity contribution is 5.78. The largest absolute Gasteiger partial charge is 0.481 e. The Hall–Kier alpha value is -2.58. The summed E-state index contributed by atoms with van der Waals surface area (Å²) in [5.74, 6) is 1.49. The van der Waals surface area contributed by atoms with Crippen LogP contribution in [0, 0.1) is 62.1 Å². The molecule has 0 aromatic heterocycles. The molecule has 316 valence electrons. The molecule has 56 heavy (non-hydrogen) atoms. The predicted molar refractivity (Wildman–Crippen MR) is 218 cm³/mol. The normalized spacial score (nSPS) is 40.3. The zero-order valence-electron chi connectivity index (χ0n) is 36.9. The third-order valence-electron chi connectivity index (χ3n) is 17.5. The highest BCUT2D eigenvalue weighted by Crippen LogP contribution is 2.78. The lowest BCUT2D eigenvalue weighted by atomic mass is 9.32. The van der Waals surface area contributed by atoms with Gasteiger partial charge in [0.05, 0.1) is 18.9 Å². The Bertz CT molecular complexity index is 1580. The van der Waals surface area contributed by atoms with E-state index in [2.05, 4.69) is 53.4 Å². The second kappa shape index (κ2) is 14.6. The molecule has 5 saturated carbocycles. The zero-order chi connectivity index (χ0) is 41.4. The Balaban J connectivity index is 1.18. The van der Waals surface area contributed by atoms with Crippen LogP contribution in [0.3, 0.4) is 0 Å². The lowest BCUT2D eigenvalue weighted by Crippen LogP contribution is -2.67. The molecule has 9 heteroatoms. The van der Waals surface area contributed by atoms with Crippen molar-refractivity contribution < 1.29 is 33.8 Å². The zero-order valence-corrected chi connectivity index (χ0v) is 36.9. The molecule has 11 atom stereocenters. The summed E-state index contributed by atoms with van der Waals surface area (Å²) in [6.07, 6.45) is 11.8. The number of carbonyl (C=O) groups is 4. The Morgan fingerprint density at radius 2 is 1.52 bits per heavy atom. The van der Waals surface area contributed by atoms with Crippen molar-refractivity contribution in [2.24, 2.45) is 62.1 Å². The Labute approximate surface area is 338 Å². The first-order valence-corrected chi connectivity index (χ1v) is 22.1. The number of carboxylic acids is 1. The maximum Gasteiger partial charge on any atom is 0.407 e. The molecule has 9 nitrogen and oxygen atoms in total. The van der Waals surface area contributed by atoms with E-state index in [1.165, 1.54) is 18.4 Å². The average molecular weight is 781 g/mol. The SMILES string of the molecule is C=C(C)[C@@H]1CC[C@]2(CC(=O)N3CC[C@H](NC(=O)OC(C)(C)C)C3)CC[C@]3(C)[C@H](CC[C@@H]4[C@@]5(C)CC[C@H](OC(=O)CC(C)(C)CC(=O)O)C(C)(C)[C@@H]5CC[C@]43C)[C@@H]12. The Kier molecular flexibility index (Phi) is 11.2. The van der Waals surface area contributed by atoms with Gasteiger partial charge in [0.25, 0.3) is 0 Å². The number of aliphatic carboxylic acids is 1. The van der Waals surface area contributed by atoms with E-state index in [4.69, 9.17) is 9.47 Å². The van der Waals surface area contributed by atoms with Crippen molar-refractivity contribution in [2.75, 3.05) is 13.1 Å². The first-order valence-electron chi connectivity index (χ1n) is 22.1. The van der Waals surface area contributed by atoms with Gasteiger partial charge in [-0.15, -0.1) is 0 Å². The molecule has 1 saturated heterocycles. The van der Waals surface area contributed by atoms with Gasteiger partial charge in [-0.05, 0) is 155 Å². The lowest BCUT2D eigenvalue weighted by molar-refractivity contribution is -0.250. The summed E-state index contributed by atoms with van der Waals surface area (Å²) in [6, 6.07) is -0.0849. The van der Waals surface area contributed by atoms with E-state index in [1.807, 2.05) is 39.5 Å². The van der Waals surface area contributed by atoms with Crippen molar-refractivity contribution in [1.29, 1.82) is 0 Å². The number of alkyl carbamates (subject to hydrolysis) is 1. The molecule has 1 aliphatic heterocycles. The molecular weight excluding hydrogens is 705 g/mol. The number of amides is 2. The lowest BCUT2D eigenvalue weighted by Gasteiger charge is -2.73. The van der Waals surface area contributed by atoms with Crippen LogP contribution in [-0.4, -0.2) is 64.8 Å². The van der Waals surface area contributed by atoms with Gasteiger partial charge in [0.1, 0.15) is 11.7 Å². The van der Waals surface area contributed by atoms with Crippen LogP contribution in [0.25, 0.3) is 0 Å². The minimum absolute atomic E-state index is 0.0190. The van der Waals surface area contributed by atoms with Crippen molar-refractivity contribution in [2.45, 2.75) is 184 Å². The Morgan fingerprint density at radius 1 is 0.821 bits per heavy atom. The molecular formula is C47H76N2O7. The monoisotopic (exact) mass is 781 g/mol. The summed E-state index contributed by atoms with van der Waals surface area (Å²) in [7, 11) is 0. The van der Waals surface area contributed by atoms with Gasteiger partial charge in [-0.3, -0.25) is 14.4 Å². The summed E-state index contributed by atoms with van der Waals surface area (Å²) in [4.78, 5) is 53.5. The second-order valence-corrected chi connectivity index (χ2v) is 22.9. The first-order chi connectivity index (χ1) is 25.8. The standard InChI is InChI=1S/C47H76N2O7/c1-29(2)31-15-21-47(25-36(50)49-24-18-30(28-49)48-40(54)56-41(3,4)5)23-22-45(11)32(39(31)47)13-14-34-44(10)19-17-35(43(8,9)33(44)16-20-46(34,45)12)55-38(53)27-42(6,7)26-37(51)52/h30-35,39H,1,13-28H2,2-12H3,(H,48,54)(H,51,52)/t30-,31-,32+,33-,34+,35-,39+,44-,45+,46+,47+/m0/s1. The van der Waals surface area contributed by atoms with Gasteiger partial charge < -0.3 is 24.8 Å². The van der Waals surface area contributed by atoms with Gasteiger partial charge in [0.2, 0.25) is 5.91 Å². The van der Waals surface area contributed by atoms with E-state index in [9.17, 15) is 24.3 Å². The number of rotatable bonds is 9. The van der Waals surface area contributed by atoms with E-state index in [0.29, 0.717) is 49.1 Å². The third kappa shape index (κ3) is 7.57. The van der Waals surface area contributed by atoms with Crippen LogP contribution in [0.5, 0.6) is 0 Å². The number of ether oxygens (including phenoxy) is 2. The predicted octanol–water partition coefficient (Wildman–Crippen LogP) is 9.96. The molecule has 0 bridgehead atoms. The number of esters is 1. The molecule has 0 spiro atoms. The number of likely N-dealkylation sites (tertiary alicyclic amines) is 1. The summed E-state index contributed by atoms with van der Waals surface area (Å²) < 4.78 is 11.8. The van der Waals surface area contributed by atoms with Crippen LogP contribution >= 0.6 is 0 Å². The molecule has 0 radical (unpaired) electrons. The molecule has 6 rings (SSSR count). The van der Waals surface area contributed by atoms with Crippen molar-refractivity contribution in [3.63, 3.8) is 0 Å². The third-order valence-corrected chi connectivity index (χ3v) is 17.5. The van der Waals surface area contributed by atoms with E-state index < -0.39 is 23.1 Å². The van der Waals surface area contributed by atoms with Crippen LogP contribution in [0.15, 0.2) is 12.2 Å². The van der Waals surface area contributed by atoms with E-state index >= 15 is 0 Å². The number of carboxylic acid groups (broad SMARTS) is 1. The number of nitrogens with zero attached hydrogens (tertiary/aromatic N) is 1. The molecule has 2 N–H and O–H groups in total. The number of hydrogen-bond donors (Lipinski definition) is 2. The van der Waals surface area contributed by atoms with Gasteiger partial charge in [0.15, 0.2) is 0 Å². The van der Waals surface area contributed by atoms with Gasteiger partial charge in [-0.1, -0.05) is 60.6 Å². The maximum atomic E-state index is 14.3. The van der Waals surface area contributed by atoms with E-state index in [-0.39, 0.29) is 63.9 Å². The van der Waals surface area contributed by atoms with Crippen LogP contribution < -0.4 is 5.32 Å². The highest BCUT2D eigenvalue weighted by atomic mass is 16.6. The van der Waals surface area contributed by atoms with Gasteiger partial charge in [-0.25, -0.2) is 4.79 Å². The molecule has 0 unspecified atom stereocenters. The quantitative estimate of drug-likeness (QED) is 0.176. The van der Waals surface area contributed by atoms with Gasteiger partial charge >= 0.3 is 18.0 Å². The number of allylic oxidation sites excluding steroid dienone is 1. The molecule has 5 aliphatic carbocycles. The Morgan fingerprint density at radius 3 is 2.16 bits per heavy atom. The van der Waals surface area contributed by atoms with Crippen molar-refractivity contribution in [3.05, 3.63) is 12.2 Å². The average Bonchev–Trinajstić information content (AvgIpc) is 3.66. The number of nitrogens with one attached hydrogen (secondary N) is 1. The molecule has 0 aromatic carbocycles. The molecule has 2 amide bonds. The maximum absolute atomic E-state index is 14.3. The van der Waals surface area contributed by atoms with E-state index in [1.54, 1.807) is 0 Å². The molecule has 6 fully saturated rings. The van der Waals surface area contributed by atoms with Crippen LogP contribution in [-0.2, 0) is 23.9 Å². The van der Waals surface area contributed by atoms with Crippen molar-refractivity contribution >= 4 is 23.9 Å². The number of hydrogen-bond acceptors (Lipinski definition) is 6. The van der Waals surface area contributed by atoms with Gasteiger partial charge in [0, 0.05) is 24.9 Å². The number of carbonyl (C=O) groups excluding carboxylic acids is 3. The summed E-state index contributed by atoms with van der Waals surface area (Å²) in [6.45, 7) is 29.8. The van der Waals surface area contributed by atoms with Crippen molar-refractivity contribution in [1.82, 2.24) is 10.2 Å². The van der Waals surface area contributed by atoms with Crippen molar-refractivity contribution in [3.8, 4) is 0 Å². The van der Waals surface area contributed by atoms with Crippen LogP contribution in [0.2, 0.25) is 0 Å². The minimum atomic E-state index is -0.892. The van der Waals surface area contributed by atoms with Crippen LogP contribution in [0.4, 0.5) is 4.79 Å². The molecule has 0 aromatic rings. The topological polar surface area (TPSA) is 122 Å². The smallest absolute Gasteiger partial charge is 0.407 e. The highest BCUT2D eigenvalue weighted by Gasteiger charge is 2.71.